The Morgan fingerprint density at radius 2 is 2.06 bits per heavy atom. The summed E-state index contributed by atoms with van der Waals surface area (Å²) in [5, 5.41) is 7.50. The standard InChI is InChI=1S/C13H19N5/c1-4-10-9-12(14-5-2)17-13(16-10)11-7-8-15-18(11)6-3/h7-9H,4-6H2,1-3H3,(H,14,16,17). The van der Waals surface area contributed by atoms with Crippen LogP contribution in [0.3, 0.4) is 0 Å². The Kier molecular flexibility index (Phi) is 3.92. The summed E-state index contributed by atoms with van der Waals surface area (Å²) < 4.78 is 1.91. The molecule has 0 bridgehead atoms. The summed E-state index contributed by atoms with van der Waals surface area (Å²) in [6.45, 7) is 7.89. The highest BCUT2D eigenvalue weighted by molar-refractivity contribution is 5.53. The molecule has 18 heavy (non-hydrogen) atoms. The number of hydrogen-bond acceptors (Lipinski definition) is 4. The Labute approximate surface area is 107 Å². The summed E-state index contributed by atoms with van der Waals surface area (Å²) >= 11 is 0. The lowest BCUT2D eigenvalue weighted by Crippen LogP contribution is -2.06. The first-order valence-corrected chi connectivity index (χ1v) is 6.42. The first-order valence-electron chi connectivity index (χ1n) is 6.42. The van der Waals surface area contributed by atoms with Gasteiger partial charge in [-0.05, 0) is 26.3 Å². The van der Waals surface area contributed by atoms with E-state index < -0.39 is 0 Å². The number of rotatable bonds is 5. The maximum atomic E-state index is 4.57. The molecule has 0 radical (unpaired) electrons. The van der Waals surface area contributed by atoms with Crippen LogP contribution in [0.15, 0.2) is 18.3 Å². The molecular weight excluding hydrogens is 226 g/mol. The van der Waals surface area contributed by atoms with Crippen LogP contribution in [0, 0.1) is 0 Å². The van der Waals surface area contributed by atoms with E-state index in [0.29, 0.717) is 0 Å². The predicted octanol–water partition coefficient (Wildman–Crippen LogP) is 2.35. The first-order chi connectivity index (χ1) is 8.78. The van der Waals surface area contributed by atoms with Gasteiger partial charge in [-0.25, -0.2) is 9.97 Å². The van der Waals surface area contributed by atoms with E-state index in [9.17, 15) is 0 Å². The number of nitrogens with one attached hydrogen (secondary N) is 1. The van der Waals surface area contributed by atoms with E-state index in [1.165, 1.54) is 0 Å². The number of aromatic nitrogens is 4. The Morgan fingerprint density at radius 1 is 1.22 bits per heavy atom. The van der Waals surface area contributed by atoms with Crippen LogP contribution >= 0.6 is 0 Å². The van der Waals surface area contributed by atoms with E-state index in [4.69, 9.17) is 0 Å². The third-order valence-electron chi connectivity index (χ3n) is 2.74. The van der Waals surface area contributed by atoms with Gasteiger partial charge in [-0.15, -0.1) is 0 Å². The van der Waals surface area contributed by atoms with E-state index in [0.717, 1.165) is 42.5 Å². The summed E-state index contributed by atoms with van der Waals surface area (Å²) in [5.41, 5.74) is 2.01. The fourth-order valence-corrected chi connectivity index (χ4v) is 1.84. The molecule has 2 heterocycles. The number of aryl methyl sites for hydroxylation is 2. The Morgan fingerprint density at radius 3 is 2.72 bits per heavy atom. The lowest BCUT2D eigenvalue weighted by molar-refractivity contribution is 0.663. The van der Waals surface area contributed by atoms with Gasteiger partial charge in [0.05, 0.1) is 0 Å². The molecule has 2 aromatic rings. The highest BCUT2D eigenvalue weighted by atomic mass is 15.3. The van der Waals surface area contributed by atoms with Crippen LogP contribution in [0.4, 0.5) is 5.82 Å². The van der Waals surface area contributed by atoms with Crippen LogP contribution in [0.5, 0.6) is 0 Å². The maximum absolute atomic E-state index is 4.57. The van der Waals surface area contributed by atoms with Crippen molar-refractivity contribution < 1.29 is 0 Å². The fourth-order valence-electron chi connectivity index (χ4n) is 1.84. The van der Waals surface area contributed by atoms with Crippen LogP contribution in [0.25, 0.3) is 11.5 Å². The molecule has 0 aliphatic carbocycles. The molecule has 5 nitrogen and oxygen atoms in total. The third-order valence-corrected chi connectivity index (χ3v) is 2.74. The normalized spacial score (nSPS) is 10.6. The molecule has 0 atom stereocenters. The molecule has 0 saturated carbocycles. The zero-order valence-electron chi connectivity index (χ0n) is 11.1. The van der Waals surface area contributed by atoms with Gasteiger partial charge in [-0.3, -0.25) is 4.68 Å². The molecule has 96 valence electrons. The summed E-state index contributed by atoms with van der Waals surface area (Å²) in [6, 6.07) is 3.95. The SMILES string of the molecule is CCNc1cc(CC)nc(-c2ccnn2CC)n1. The molecule has 5 heteroatoms. The van der Waals surface area contributed by atoms with Crippen molar-refractivity contribution in [2.24, 2.45) is 0 Å². The van der Waals surface area contributed by atoms with Gasteiger partial charge in [0, 0.05) is 31.0 Å². The predicted molar refractivity (Wildman–Crippen MR) is 72.5 cm³/mol. The molecule has 0 aliphatic rings. The minimum atomic E-state index is 0.740. The number of nitrogens with zero attached hydrogens (tertiary/aromatic N) is 4. The van der Waals surface area contributed by atoms with Gasteiger partial charge < -0.3 is 5.32 Å². The molecule has 0 spiro atoms. The van der Waals surface area contributed by atoms with Gasteiger partial charge in [0.1, 0.15) is 11.5 Å². The molecule has 0 unspecified atom stereocenters. The van der Waals surface area contributed by atoms with Crippen molar-refractivity contribution >= 4 is 5.82 Å². The van der Waals surface area contributed by atoms with Crippen molar-refractivity contribution in [1.82, 2.24) is 19.7 Å². The summed E-state index contributed by atoms with van der Waals surface area (Å²) in [5.74, 6) is 1.62. The van der Waals surface area contributed by atoms with Gasteiger partial charge in [-0.2, -0.15) is 5.10 Å². The molecule has 0 aliphatic heterocycles. The summed E-state index contributed by atoms with van der Waals surface area (Å²) in [7, 11) is 0. The monoisotopic (exact) mass is 245 g/mol. The largest absolute Gasteiger partial charge is 0.370 e. The maximum Gasteiger partial charge on any atom is 0.180 e. The zero-order chi connectivity index (χ0) is 13.0. The van der Waals surface area contributed by atoms with E-state index in [2.05, 4.69) is 41.2 Å². The quantitative estimate of drug-likeness (QED) is 0.878. The van der Waals surface area contributed by atoms with Gasteiger partial charge in [0.2, 0.25) is 0 Å². The number of anilines is 1. The molecule has 0 aromatic carbocycles. The van der Waals surface area contributed by atoms with Gasteiger partial charge in [0.15, 0.2) is 5.82 Å². The highest BCUT2D eigenvalue weighted by Crippen LogP contribution is 2.18. The molecule has 0 saturated heterocycles. The fraction of sp³-hybridized carbons (Fsp3) is 0.462. The van der Waals surface area contributed by atoms with Gasteiger partial charge >= 0.3 is 0 Å². The molecule has 0 fully saturated rings. The van der Waals surface area contributed by atoms with Crippen molar-refractivity contribution in [3.8, 4) is 11.5 Å². The summed E-state index contributed by atoms with van der Waals surface area (Å²) in [6.07, 6.45) is 2.68. The second-order valence-electron chi connectivity index (χ2n) is 3.98. The van der Waals surface area contributed by atoms with Crippen LogP contribution < -0.4 is 5.32 Å². The average molecular weight is 245 g/mol. The summed E-state index contributed by atoms with van der Waals surface area (Å²) in [4.78, 5) is 9.11. The van der Waals surface area contributed by atoms with E-state index in [1.54, 1.807) is 6.20 Å². The second kappa shape index (κ2) is 5.62. The van der Waals surface area contributed by atoms with Crippen LogP contribution in [0.1, 0.15) is 26.5 Å². The van der Waals surface area contributed by atoms with E-state index in [-0.39, 0.29) is 0 Å². The van der Waals surface area contributed by atoms with E-state index in [1.807, 2.05) is 16.8 Å². The van der Waals surface area contributed by atoms with Crippen LogP contribution in [-0.4, -0.2) is 26.3 Å². The lowest BCUT2D eigenvalue weighted by Gasteiger charge is -2.09. The first kappa shape index (κ1) is 12.5. The minimum Gasteiger partial charge on any atom is -0.370 e. The van der Waals surface area contributed by atoms with Gasteiger partial charge in [-0.1, -0.05) is 6.92 Å². The van der Waals surface area contributed by atoms with Crippen molar-refractivity contribution in [2.75, 3.05) is 11.9 Å². The minimum absolute atomic E-state index is 0.740. The van der Waals surface area contributed by atoms with Crippen molar-refractivity contribution in [1.29, 1.82) is 0 Å². The lowest BCUT2D eigenvalue weighted by atomic mass is 10.3. The Hall–Kier alpha value is -1.91. The van der Waals surface area contributed by atoms with Crippen LogP contribution in [0.2, 0.25) is 0 Å². The van der Waals surface area contributed by atoms with Crippen molar-refractivity contribution in [3.05, 3.63) is 24.0 Å². The highest BCUT2D eigenvalue weighted by Gasteiger charge is 2.10. The van der Waals surface area contributed by atoms with E-state index >= 15 is 0 Å². The topological polar surface area (TPSA) is 55.6 Å². The molecular formula is C13H19N5. The smallest absolute Gasteiger partial charge is 0.180 e. The van der Waals surface area contributed by atoms with Crippen LogP contribution in [-0.2, 0) is 13.0 Å². The van der Waals surface area contributed by atoms with Gasteiger partial charge in [0.25, 0.3) is 0 Å². The average Bonchev–Trinajstić information content (AvgIpc) is 2.87. The van der Waals surface area contributed by atoms with Crippen molar-refractivity contribution in [3.63, 3.8) is 0 Å². The molecule has 0 amide bonds. The Bertz CT molecular complexity index is 518. The molecule has 2 rings (SSSR count). The number of hydrogen-bond donors (Lipinski definition) is 1. The Balaban J connectivity index is 2.46. The second-order valence-corrected chi connectivity index (χ2v) is 3.98. The zero-order valence-corrected chi connectivity index (χ0v) is 11.1. The third kappa shape index (κ3) is 2.50. The molecule has 2 aromatic heterocycles. The van der Waals surface area contributed by atoms with Crippen molar-refractivity contribution in [2.45, 2.75) is 33.7 Å². The molecule has 1 N–H and O–H groups in total.